The maximum Gasteiger partial charge on any atom is 0.416 e. The molecule has 0 bridgehead atoms. The lowest BCUT2D eigenvalue weighted by Gasteiger charge is -2.25. The monoisotopic (exact) mass is 460 g/mol. The van der Waals surface area contributed by atoms with Gasteiger partial charge in [-0.3, -0.25) is 9.79 Å². The van der Waals surface area contributed by atoms with Crippen LogP contribution >= 0.6 is 0 Å². The van der Waals surface area contributed by atoms with E-state index in [2.05, 4.69) is 10.3 Å². The molecule has 2 aromatic carbocycles. The number of nitrogens with one attached hydrogen (secondary N) is 1. The standard InChI is InChI=1S/C26H31F3N2O2/c1-18(31-17-20-9-7-19(8-10-20)16-30-14-13-25(32)33)22-11-12-23(21-5-3-2-4-6-21)24(15-22)26(27,28)29/h7-12,15,21,30H,2-6,13-14,16-17H2,1H3,(H,32,33). The lowest BCUT2D eigenvalue weighted by Crippen LogP contribution is -2.17. The quantitative estimate of drug-likeness (QED) is 0.340. The molecule has 0 saturated heterocycles. The molecule has 1 saturated carbocycles. The Labute approximate surface area is 192 Å². The maximum absolute atomic E-state index is 13.8. The highest BCUT2D eigenvalue weighted by atomic mass is 19.4. The Morgan fingerprint density at radius 2 is 1.73 bits per heavy atom. The molecule has 178 valence electrons. The summed E-state index contributed by atoms with van der Waals surface area (Å²) >= 11 is 0. The summed E-state index contributed by atoms with van der Waals surface area (Å²) in [4.78, 5) is 15.1. The second-order valence-corrected chi connectivity index (χ2v) is 8.67. The van der Waals surface area contributed by atoms with Crippen molar-refractivity contribution < 1.29 is 23.1 Å². The lowest BCUT2D eigenvalue weighted by molar-refractivity contribution is -0.138. The van der Waals surface area contributed by atoms with E-state index in [4.69, 9.17) is 5.11 Å². The summed E-state index contributed by atoms with van der Waals surface area (Å²) in [5, 5.41) is 11.7. The first-order valence-electron chi connectivity index (χ1n) is 11.5. The second kappa shape index (κ2) is 11.5. The Balaban J connectivity index is 1.66. The van der Waals surface area contributed by atoms with E-state index in [0.29, 0.717) is 36.5 Å². The van der Waals surface area contributed by atoms with Crippen LogP contribution in [0.15, 0.2) is 47.5 Å². The number of hydrogen-bond donors (Lipinski definition) is 2. The van der Waals surface area contributed by atoms with Crippen molar-refractivity contribution in [3.8, 4) is 0 Å². The van der Waals surface area contributed by atoms with E-state index in [-0.39, 0.29) is 12.3 Å². The largest absolute Gasteiger partial charge is 0.481 e. The van der Waals surface area contributed by atoms with Crippen LogP contribution in [-0.2, 0) is 24.1 Å². The van der Waals surface area contributed by atoms with Gasteiger partial charge in [0.05, 0.1) is 18.5 Å². The van der Waals surface area contributed by atoms with Gasteiger partial charge in [0, 0.05) is 18.8 Å². The Kier molecular flexibility index (Phi) is 8.67. The average molecular weight is 461 g/mol. The van der Waals surface area contributed by atoms with Gasteiger partial charge in [0.2, 0.25) is 0 Å². The molecule has 0 spiro atoms. The average Bonchev–Trinajstić information content (AvgIpc) is 2.80. The van der Waals surface area contributed by atoms with Gasteiger partial charge >= 0.3 is 12.1 Å². The van der Waals surface area contributed by atoms with Gasteiger partial charge in [-0.15, -0.1) is 0 Å². The van der Waals surface area contributed by atoms with E-state index in [0.717, 1.165) is 43.2 Å². The first-order chi connectivity index (χ1) is 15.7. The first-order valence-corrected chi connectivity index (χ1v) is 11.5. The van der Waals surface area contributed by atoms with Crippen LogP contribution in [0.2, 0.25) is 0 Å². The van der Waals surface area contributed by atoms with E-state index >= 15 is 0 Å². The number of benzene rings is 2. The van der Waals surface area contributed by atoms with Crippen molar-refractivity contribution in [2.75, 3.05) is 6.54 Å². The summed E-state index contributed by atoms with van der Waals surface area (Å²) in [7, 11) is 0. The molecule has 0 unspecified atom stereocenters. The highest BCUT2D eigenvalue weighted by molar-refractivity contribution is 5.99. The van der Waals surface area contributed by atoms with Gasteiger partial charge in [-0.2, -0.15) is 13.2 Å². The van der Waals surface area contributed by atoms with Crippen LogP contribution in [-0.4, -0.2) is 23.3 Å². The zero-order valence-corrected chi connectivity index (χ0v) is 18.9. The number of carboxylic acid groups (broad SMARTS) is 1. The van der Waals surface area contributed by atoms with E-state index in [9.17, 15) is 18.0 Å². The number of aliphatic carboxylic acids is 1. The maximum atomic E-state index is 13.8. The smallest absolute Gasteiger partial charge is 0.416 e. The van der Waals surface area contributed by atoms with Crippen molar-refractivity contribution >= 4 is 11.7 Å². The third kappa shape index (κ3) is 7.42. The van der Waals surface area contributed by atoms with Crippen LogP contribution in [0, 0.1) is 0 Å². The van der Waals surface area contributed by atoms with E-state index in [1.165, 1.54) is 6.07 Å². The predicted octanol–water partition coefficient (Wildman–Crippen LogP) is 6.33. The molecule has 1 aliphatic carbocycles. The van der Waals surface area contributed by atoms with Gasteiger partial charge in [-0.25, -0.2) is 0 Å². The second-order valence-electron chi connectivity index (χ2n) is 8.67. The topological polar surface area (TPSA) is 61.7 Å². The summed E-state index contributed by atoms with van der Waals surface area (Å²) in [6.45, 7) is 3.10. The molecule has 1 fully saturated rings. The van der Waals surface area contributed by atoms with Crippen LogP contribution in [0.3, 0.4) is 0 Å². The van der Waals surface area contributed by atoms with E-state index in [1.54, 1.807) is 19.1 Å². The molecule has 0 radical (unpaired) electrons. The highest BCUT2D eigenvalue weighted by Gasteiger charge is 2.35. The van der Waals surface area contributed by atoms with Crippen LogP contribution < -0.4 is 5.32 Å². The number of hydrogen-bond acceptors (Lipinski definition) is 3. The molecule has 0 atom stereocenters. The van der Waals surface area contributed by atoms with Gasteiger partial charge < -0.3 is 10.4 Å². The molecule has 7 heteroatoms. The van der Waals surface area contributed by atoms with Crippen LogP contribution in [0.25, 0.3) is 0 Å². The summed E-state index contributed by atoms with van der Waals surface area (Å²) in [6, 6.07) is 12.4. The minimum Gasteiger partial charge on any atom is -0.481 e. The van der Waals surface area contributed by atoms with Crippen molar-refractivity contribution in [2.24, 2.45) is 4.99 Å². The van der Waals surface area contributed by atoms with Gasteiger partial charge in [-0.05, 0) is 54.0 Å². The minimum absolute atomic E-state index is 0.0150. The summed E-state index contributed by atoms with van der Waals surface area (Å²) < 4.78 is 41.4. The fraction of sp³-hybridized carbons (Fsp3) is 0.462. The lowest BCUT2D eigenvalue weighted by atomic mass is 9.81. The first kappa shape index (κ1) is 25.0. The normalized spacial score (nSPS) is 15.6. The fourth-order valence-corrected chi connectivity index (χ4v) is 4.29. The Bertz CT molecular complexity index is 962. The Morgan fingerprint density at radius 3 is 2.36 bits per heavy atom. The molecular weight excluding hydrogens is 429 g/mol. The van der Waals surface area contributed by atoms with Gasteiger partial charge in [0.15, 0.2) is 0 Å². The van der Waals surface area contributed by atoms with Crippen molar-refractivity contribution in [2.45, 2.75) is 70.6 Å². The third-order valence-electron chi connectivity index (χ3n) is 6.19. The summed E-state index contributed by atoms with van der Waals surface area (Å²) in [6.07, 6.45) is 0.412. The van der Waals surface area contributed by atoms with Gasteiger partial charge in [-0.1, -0.05) is 55.7 Å². The molecule has 0 aliphatic heterocycles. The van der Waals surface area contributed by atoms with Crippen LogP contribution in [0.1, 0.15) is 79.2 Å². The van der Waals surface area contributed by atoms with E-state index < -0.39 is 17.7 Å². The van der Waals surface area contributed by atoms with Gasteiger partial charge in [0.25, 0.3) is 0 Å². The number of halogens is 3. The number of aliphatic imine (C=N–C) groups is 1. The number of carboxylic acids is 1. The molecule has 0 amide bonds. The summed E-state index contributed by atoms with van der Waals surface area (Å²) in [5.41, 5.74) is 2.96. The van der Waals surface area contributed by atoms with Crippen molar-refractivity contribution in [1.29, 1.82) is 0 Å². The van der Waals surface area contributed by atoms with Crippen molar-refractivity contribution in [3.05, 3.63) is 70.3 Å². The molecule has 4 nitrogen and oxygen atoms in total. The number of rotatable bonds is 9. The molecular formula is C26H31F3N2O2. The van der Waals surface area contributed by atoms with Crippen molar-refractivity contribution in [3.63, 3.8) is 0 Å². The molecule has 0 aromatic heterocycles. The molecule has 33 heavy (non-hydrogen) atoms. The fourth-order valence-electron chi connectivity index (χ4n) is 4.29. The summed E-state index contributed by atoms with van der Waals surface area (Å²) in [5.74, 6) is -0.851. The zero-order valence-electron chi connectivity index (χ0n) is 18.9. The van der Waals surface area contributed by atoms with Crippen LogP contribution in [0.4, 0.5) is 13.2 Å². The molecule has 2 N–H and O–H groups in total. The van der Waals surface area contributed by atoms with Crippen LogP contribution in [0.5, 0.6) is 0 Å². The third-order valence-corrected chi connectivity index (χ3v) is 6.19. The molecule has 2 aromatic rings. The Hall–Kier alpha value is -2.67. The van der Waals surface area contributed by atoms with Crippen molar-refractivity contribution in [1.82, 2.24) is 5.32 Å². The minimum atomic E-state index is -4.38. The molecule has 1 aliphatic rings. The zero-order chi connectivity index (χ0) is 23.8. The Morgan fingerprint density at radius 1 is 1.06 bits per heavy atom. The molecule has 0 heterocycles. The van der Waals surface area contributed by atoms with E-state index in [1.807, 2.05) is 24.3 Å². The number of nitrogens with zero attached hydrogens (tertiary/aromatic N) is 1. The SMILES string of the molecule is CC(=NCc1ccc(CNCCC(=O)O)cc1)c1ccc(C2CCCCC2)c(C(F)(F)F)c1. The predicted molar refractivity (Wildman–Crippen MR) is 124 cm³/mol. The molecule has 3 rings (SSSR count). The number of carbonyl (C=O) groups is 1. The van der Waals surface area contributed by atoms with Gasteiger partial charge in [0.1, 0.15) is 0 Å². The highest BCUT2D eigenvalue weighted by Crippen LogP contribution is 2.41. The number of alkyl halides is 3.